The van der Waals surface area contributed by atoms with Gasteiger partial charge in [-0.25, -0.2) is 4.79 Å². The van der Waals surface area contributed by atoms with Gasteiger partial charge in [0.15, 0.2) is 5.78 Å². The minimum atomic E-state index is -0.694. The summed E-state index contributed by atoms with van der Waals surface area (Å²) in [6, 6.07) is 13.4. The lowest BCUT2D eigenvalue weighted by molar-refractivity contribution is -0.384. The van der Waals surface area contributed by atoms with Gasteiger partial charge < -0.3 is 14.8 Å². The molecule has 1 N–H and O–H groups in total. The Morgan fingerprint density at radius 3 is 2.37 bits per heavy atom. The maximum atomic E-state index is 13.5. The summed E-state index contributed by atoms with van der Waals surface area (Å²) in [4.78, 5) is 37.3. The third kappa shape index (κ3) is 5.13. The molecular weight excluding hydrogens is 472 g/mol. The first kappa shape index (κ1) is 24.6. The molecule has 2 aromatic rings. The lowest BCUT2D eigenvalue weighted by Crippen LogP contribution is -2.36. The number of allylic oxidation sites excluding steroid dienone is 3. The maximum Gasteiger partial charge on any atom is 0.336 e. The van der Waals surface area contributed by atoms with Gasteiger partial charge in [0.2, 0.25) is 0 Å². The highest BCUT2D eigenvalue weighted by Crippen LogP contribution is 2.46. The number of rotatable bonds is 7. The van der Waals surface area contributed by atoms with Gasteiger partial charge in [-0.1, -0.05) is 35.9 Å². The molecule has 0 saturated carbocycles. The van der Waals surface area contributed by atoms with Crippen molar-refractivity contribution in [1.29, 1.82) is 0 Å². The molecule has 0 bridgehead atoms. The summed E-state index contributed by atoms with van der Waals surface area (Å²) in [5, 5.41) is 15.1. The molecule has 4 rings (SSSR count). The fourth-order valence-electron chi connectivity index (χ4n) is 4.70. The van der Waals surface area contributed by atoms with Crippen LogP contribution in [-0.2, 0) is 19.1 Å². The predicted molar refractivity (Wildman–Crippen MR) is 130 cm³/mol. The number of hydrogen-bond acceptors (Lipinski definition) is 7. The van der Waals surface area contributed by atoms with Gasteiger partial charge in [-0.05, 0) is 42.5 Å². The van der Waals surface area contributed by atoms with Crippen LogP contribution in [0.1, 0.15) is 42.7 Å². The normalized spacial score (nSPS) is 19.8. The second kappa shape index (κ2) is 10.4. The number of esters is 1. The second-order valence-electron chi connectivity index (χ2n) is 8.55. The second-order valence-corrected chi connectivity index (χ2v) is 8.98. The molecule has 0 saturated heterocycles. The van der Waals surface area contributed by atoms with Gasteiger partial charge in [0.05, 0.1) is 17.1 Å². The molecule has 1 heterocycles. The zero-order chi connectivity index (χ0) is 25.1. The molecular formula is C26H25ClN2O6. The van der Waals surface area contributed by atoms with Gasteiger partial charge in [-0.2, -0.15) is 0 Å². The number of Topliss-reactive ketones (excluding diaryl/α,β-unsaturated/α-hetero) is 1. The molecule has 1 aliphatic heterocycles. The van der Waals surface area contributed by atoms with E-state index in [-0.39, 0.29) is 37.0 Å². The highest BCUT2D eigenvalue weighted by Gasteiger charge is 2.41. The number of nitro groups is 1. The third-order valence-corrected chi connectivity index (χ3v) is 6.60. The average molecular weight is 497 g/mol. The van der Waals surface area contributed by atoms with Gasteiger partial charge in [0, 0.05) is 53.6 Å². The lowest BCUT2D eigenvalue weighted by atomic mass is 9.71. The molecule has 0 radical (unpaired) electrons. The number of dihydropyridines is 1. The van der Waals surface area contributed by atoms with E-state index in [1.165, 1.54) is 19.2 Å². The fraction of sp³-hybridized carbons (Fsp3) is 0.308. The van der Waals surface area contributed by atoms with Crippen LogP contribution in [0.5, 0.6) is 0 Å². The van der Waals surface area contributed by atoms with E-state index in [1.807, 2.05) is 12.1 Å². The van der Waals surface area contributed by atoms with E-state index in [4.69, 9.17) is 21.1 Å². The van der Waals surface area contributed by atoms with Crippen LogP contribution in [0.25, 0.3) is 0 Å². The van der Waals surface area contributed by atoms with Crippen molar-refractivity contribution in [3.8, 4) is 0 Å². The number of halogens is 1. The van der Waals surface area contributed by atoms with E-state index in [0.717, 1.165) is 11.3 Å². The van der Waals surface area contributed by atoms with E-state index in [2.05, 4.69) is 5.32 Å². The number of benzene rings is 2. The zero-order valence-electron chi connectivity index (χ0n) is 19.4. The molecule has 9 heteroatoms. The number of nitrogens with one attached hydrogen (secondary N) is 1. The Morgan fingerprint density at radius 1 is 1.09 bits per heavy atom. The van der Waals surface area contributed by atoms with Crippen LogP contribution in [0.2, 0.25) is 5.02 Å². The van der Waals surface area contributed by atoms with Gasteiger partial charge in [-0.3, -0.25) is 14.9 Å². The minimum absolute atomic E-state index is 0.0356. The number of methoxy groups -OCH3 is 1. The average Bonchev–Trinajstić information content (AvgIpc) is 2.83. The lowest BCUT2D eigenvalue weighted by Gasteiger charge is -2.36. The molecule has 2 atom stereocenters. The van der Waals surface area contributed by atoms with E-state index in [0.29, 0.717) is 33.9 Å². The quantitative estimate of drug-likeness (QED) is 0.254. The highest BCUT2D eigenvalue weighted by molar-refractivity contribution is 6.30. The van der Waals surface area contributed by atoms with Crippen molar-refractivity contribution in [2.45, 2.75) is 31.6 Å². The molecule has 2 aliphatic rings. The first-order chi connectivity index (χ1) is 16.8. The molecule has 35 heavy (non-hydrogen) atoms. The van der Waals surface area contributed by atoms with Crippen LogP contribution in [0.3, 0.4) is 0 Å². The summed E-state index contributed by atoms with van der Waals surface area (Å²) in [5.41, 5.74) is 3.69. The van der Waals surface area contributed by atoms with Crippen molar-refractivity contribution in [1.82, 2.24) is 5.32 Å². The number of carbonyl (C=O) groups is 2. The molecule has 182 valence electrons. The zero-order valence-corrected chi connectivity index (χ0v) is 20.1. The molecule has 0 unspecified atom stereocenters. The number of non-ortho nitro benzene ring substituents is 1. The van der Waals surface area contributed by atoms with Crippen LogP contribution in [-0.4, -0.2) is 37.0 Å². The molecule has 2 aromatic carbocycles. The van der Waals surface area contributed by atoms with Crippen LogP contribution in [0.4, 0.5) is 5.69 Å². The summed E-state index contributed by atoms with van der Waals surface area (Å²) in [5.74, 6) is -1.38. The Hall–Kier alpha value is -3.49. The molecule has 0 fully saturated rings. The van der Waals surface area contributed by atoms with E-state index in [1.54, 1.807) is 31.2 Å². The smallest absolute Gasteiger partial charge is 0.336 e. The van der Waals surface area contributed by atoms with Crippen molar-refractivity contribution >= 4 is 29.0 Å². The molecule has 0 aromatic heterocycles. The largest absolute Gasteiger partial charge is 0.460 e. The van der Waals surface area contributed by atoms with Gasteiger partial charge in [0.1, 0.15) is 6.61 Å². The van der Waals surface area contributed by atoms with Crippen LogP contribution in [0.15, 0.2) is 71.1 Å². The number of nitro benzene ring substituents is 1. The topological polar surface area (TPSA) is 108 Å². The Labute approximate surface area is 207 Å². The van der Waals surface area contributed by atoms with Crippen molar-refractivity contribution in [2.24, 2.45) is 0 Å². The predicted octanol–water partition coefficient (Wildman–Crippen LogP) is 4.80. The standard InChI is InChI=1S/C26H25ClN2O6/c1-15-23(26(31)35-12-11-34-2)24(17-5-9-20(10-6-17)29(32)33)25-21(28-15)13-18(14-22(25)30)16-3-7-19(27)8-4-16/h3-10,18,24,28H,11-14H2,1-2H3/t18-,24+/m1/s1. The van der Waals surface area contributed by atoms with Crippen molar-refractivity contribution < 1.29 is 24.0 Å². The number of nitrogens with zero attached hydrogens (tertiary/aromatic N) is 1. The molecule has 0 spiro atoms. The van der Waals surface area contributed by atoms with Crippen molar-refractivity contribution in [3.63, 3.8) is 0 Å². The summed E-state index contributed by atoms with van der Waals surface area (Å²) in [7, 11) is 1.51. The summed E-state index contributed by atoms with van der Waals surface area (Å²) >= 11 is 6.03. The SMILES string of the molecule is COCCOC(=O)C1=C(C)NC2=C(C(=O)C[C@H](c3ccc(Cl)cc3)C2)[C@H]1c1ccc([N+](=O)[O-])cc1. The molecule has 0 amide bonds. The number of hydrogen-bond donors (Lipinski definition) is 1. The van der Waals surface area contributed by atoms with Gasteiger partial charge in [0.25, 0.3) is 5.69 Å². The summed E-state index contributed by atoms with van der Waals surface area (Å²) in [6.07, 6.45) is 0.853. The fourth-order valence-corrected chi connectivity index (χ4v) is 4.82. The minimum Gasteiger partial charge on any atom is -0.460 e. The van der Waals surface area contributed by atoms with E-state index in [9.17, 15) is 19.7 Å². The Bertz CT molecular complexity index is 1220. The Morgan fingerprint density at radius 2 is 1.74 bits per heavy atom. The Kier molecular flexibility index (Phi) is 7.33. The molecule has 8 nitrogen and oxygen atoms in total. The van der Waals surface area contributed by atoms with Crippen molar-refractivity contribution in [2.75, 3.05) is 20.3 Å². The van der Waals surface area contributed by atoms with Crippen LogP contribution >= 0.6 is 11.6 Å². The number of carbonyl (C=O) groups excluding carboxylic acids is 2. The number of ketones is 1. The summed E-state index contributed by atoms with van der Waals surface area (Å²) < 4.78 is 10.4. The first-order valence-corrected chi connectivity index (χ1v) is 11.6. The summed E-state index contributed by atoms with van der Waals surface area (Å²) in [6.45, 7) is 2.08. The van der Waals surface area contributed by atoms with Gasteiger partial charge in [-0.15, -0.1) is 0 Å². The van der Waals surface area contributed by atoms with Crippen LogP contribution in [0, 0.1) is 10.1 Å². The highest BCUT2D eigenvalue weighted by atomic mass is 35.5. The maximum absolute atomic E-state index is 13.5. The Balaban J connectivity index is 1.75. The van der Waals surface area contributed by atoms with E-state index >= 15 is 0 Å². The third-order valence-electron chi connectivity index (χ3n) is 6.35. The van der Waals surface area contributed by atoms with Crippen molar-refractivity contribution in [3.05, 3.63) is 97.3 Å². The number of ether oxygens (including phenoxy) is 2. The monoisotopic (exact) mass is 496 g/mol. The van der Waals surface area contributed by atoms with E-state index < -0.39 is 16.8 Å². The van der Waals surface area contributed by atoms with Gasteiger partial charge >= 0.3 is 5.97 Å². The first-order valence-electron chi connectivity index (χ1n) is 11.2. The molecule has 1 aliphatic carbocycles. The van der Waals surface area contributed by atoms with Crippen LogP contribution < -0.4 is 5.32 Å².